The Morgan fingerprint density at radius 3 is 2.34 bits per heavy atom. The number of para-hydroxylation sites is 1. The fraction of sp³-hybridized carbons (Fsp3) is 0.696. The number of piperidine rings is 1. The number of rotatable bonds is 6. The number of carboxylic acids is 1. The second-order valence-electron chi connectivity index (χ2n) is 9.39. The van der Waals surface area contributed by atoms with Crippen LogP contribution in [0.3, 0.4) is 0 Å². The molecule has 1 aromatic rings. The maximum Gasteiger partial charge on any atom is 0.490 e. The zero-order valence-corrected chi connectivity index (χ0v) is 21.2. The summed E-state index contributed by atoms with van der Waals surface area (Å²) in [7, 11) is -2.00. The van der Waals surface area contributed by atoms with E-state index in [2.05, 4.69) is 18.7 Å². The summed E-state index contributed by atoms with van der Waals surface area (Å²) in [5.41, 5.74) is -0.150. The number of benzene rings is 1. The Kier molecular flexibility index (Phi) is 10.4. The average molecular weight is 525 g/mol. The van der Waals surface area contributed by atoms with E-state index in [1.165, 1.54) is 6.42 Å². The van der Waals surface area contributed by atoms with Crippen LogP contribution in [0.25, 0.3) is 0 Å². The highest BCUT2D eigenvalue weighted by Crippen LogP contribution is 2.39. The van der Waals surface area contributed by atoms with Crippen LogP contribution in [0.1, 0.15) is 33.1 Å². The van der Waals surface area contributed by atoms with Gasteiger partial charge in [0, 0.05) is 25.6 Å². The Bertz CT molecular complexity index is 931. The van der Waals surface area contributed by atoms with Crippen molar-refractivity contribution >= 4 is 16.0 Å². The third kappa shape index (κ3) is 8.33. The summed E-state index contributed by atoms with van der Waals surface area (Å²) >= 11 is 0. The summed E-state index contributed by atoms with van der Waals surface area (Å²) in [4.78, 5) is 11.7. The Labute approximate surface area is 205 Å². The number of carboxylic acid groups (broad SMARTS) is 1. The van der Waals surface area contributed by atoms with Crippen LogP contribution in [0.15, 0.2) is 29.2 Å². The van der Waals surface area contributed by atoms with Gasteiger partial charge in [0.05, 0.1) is 13.2 Å². The summed E-state index contributed by atoms with van der Waals surface area (Å²) in [5.74, 6) is -1.59. The predicted molar refractivity (Wildman–Crippen MR) is 124 cm³/mol. The fourth-order valence-electron chi connectivity index (χ4n) is 4.04. The predicted octanol–water partition coefficient (Wildman–Crippen LogP) is 3.48. The number of ether oxygens (including phenoxy) is 2. The molecule has 1 saturated heterocycles. The van der Waals surface area contributed by atoms with Crippen molar-refractivity contribution in [1.82, 2.24) is 9.21 Å². The second-order valence-corrected chi connectivity index (χ2v) is 11.3. The lowest BCUT2D eigenvalue weighted by atomic mass is 9.78. The molecule has 1 fully saturated rings. The van der Waals surface area contributed by atoms with Crippen LogP contribution >= 0.6 is 0 Å². The van der Waals surface area contributed by atoms with Gasteiger partial charge in [-0.15, -0.1) is 0 Å². The number of aliphatic carboxylic acids is 1. The first-order valence-electron chi connectivity index (χ1n) is 11.5. The molecule has 3 rings (SSSR count). The van der Waals surface area contributed by atoms with Crippen molar-refractivity contribution in [2.45, 2.75) is 44.2 Å². The van der Waals surface area contributed by atoms with Crippen LogP contribution in [-0.2, 0) is 19.6 Å². The Balaban J connectivity index is 0.000000540. The summed E-state index contributed by atoms with van der Waals surface area (Å²) in [6, 6.07) is 6.98. The molecule has 35 heavy (non-hydrogen) atoms. The summed E-state index contributed by atoms with van der Waals surface area (Å²) in [6.45, 7) is 9.42. The molecule has 200 valence electrons. The number of halogens is 3. The second kappa shape index (κ2) is 12.4. The molecule has 0 atom stereocenters. The van der Waals surface area contributed by atoms with Crippen molar-refractivity contribution in [3.63, 3.8) is 0 Å². The van der Waals surface area contributed by atoms with E-state index < -0.39 is 22.2 Å². The first kappa shape index (κ1) is 29.3. The van der Waals surface area contributed by atoms with Gasteiger partial charge in [-0.25, -0.2) is 13.2 Å². The zero-order valence-electron chi connectivity index (χ0n) is 20.4. The molecule has 0 radical (unpaired) electrons. The smallest absolute Gasteiger partial charge is 0.490 e. The average Bonchev–Trinajstić information content (AvgIpc) is 2.79. The molecule has 0 bridgehead atoms. The minimum absolute atomic E-state index is 0.150. The highest BCUT2D eigenvalue weighted by Gasteiger charge is 2.42. The van der Waals surface area contributed by atoms with Gasteiger partial charge in [-0.2, -0.15) is 17.5 Å². The maximum atomic E-state index is 13.3. The van der Waals surface area contributed by atoms with Crippen molar-refractivity contribution < 1.29 is 41.0 Å². The monoisotopic (exact) mass is 524 g/mol. The highest BCUT2D eigenvalue weighted by atomic mass is 32.2. The number of likely N-dealkylation sites (tertiary alicyclic amines) is 1. The standard InChI is InChI=1S/C21H34N2O4S.C2HF3O2/c1-18(2)8-11-22-12-9-21(10-13-22)16-23(14-15-26-3)28(24,25)20-7-5-4-6-19(20)27-17-21;3-2(4,5)1(6)7/h4-7,18H,8-17H2,1-3H3;(H,6,7). The lowest BCUT2D eigenvalue weighted by Crippen LogP contribution is -2.52. The number of methoxy groups -OCH3 is 1. The van der Waals surface area contributed by atoms with E-state index in [0.717, 1.165) is 32.5 Å². The van der Waals surface area contributed by atoms with Crippen LogP contribution in [0.4, 0.5) is 13.2 Å². The lowest BCUT2D eigenvalue weighted by Gasteiger charge is -2.45. The van der Waals surface area contributed by atoms with E-state index in [1.54, 1.807) is 29.6 Å². The summed E-state index contributed by atoms with van der Waals surface area (Å²) in [6.07, 6.45) is -1.98. The topological polar surface area (TPSA) is 96.4 Å². The third-order valence-corrected chi connectivity index (χ3v) is 8.12. The van der Waals surface area contributed by atoms with E-state index in [1.807, 2.05) is 6.07 Å². The summed E-state index contributed by atoms with van der Waals surface area (Å²) < 4.78 is 71.3. The third-order valence-electron chi connectivity index (χ3n) is 6.24. The van der Waals surface area contributed by atoms with Crippen LogP contribution in [0, 0.1) is 11.3 Å². The molecule has 0 aliphatic carbocycles. The zero-order chi connectivity index (χ0) is 26.3. The number of hydrogen-bond acceptors (Lipinski definition) is 6. The van der Waals surface area contributed by atoms with Crippen molar-refractivity contribution in [3.05, 3.63) is 24.3 Å². The number of sulfonamides is 1. The van der Waals surface area contributed by atoms with Crippen molar-refractivity contribution in [3.8, 4) is 5.75 Å². The van der Waals surface area contributed by atoms with Gasteiger partial charge >= 0.3 is 12.1 Å². The van der Waals surface area contributed by atoms with Crippen molar-refractivity contribution in [2.24, 2.45) is 11.3 Å². The normalized spacial score (nSPS) is 20.2. The van der Waals surface area contributed by atoms with E-state index in [-0.39, 0.29) is 10.3 Å². The van der Waals surface area contributed by atoms with Gasteiger partial charge in [0.1, 0.15) is 10.6 Å². The largest absolute Gasteiger partial charge is 0.492 e. The first-order chi connectivity index (χ1) is 16.3. The van der Waals surface area contributed by atoms with Crippen LogP contribution < -0.4 is 4.74 Å². The van der Waals surface area contributed by atoms with Crippen LogP contribution in [0.2, 0.25) is 0 Å². The molecule has 1 aromatic carbocycles. The van der Waals surface area contributed by atoms with Gasteiger partial charge in [-0.05, 0) is 56.9 Å². The number of nitrogens with zero attached hydrogens (tertiary/aromatic N) is 2. The van der Waals surface area contributed by atoms with Gasteiger partial charge in [-0.3, -0.25) is 0 Å². The van der Waals surface area contributed by atoms with Crippen molar-refractivity contribution in [2.75, 3.05) is 53.0 Å². The number of hydrogen-bond donors (Lipinski definition) is 1. The molecular formula is C23H35F3N2O6S. The fourth-order valence-corrected chi connectivity index (χ4v) is 5.71. The van der Waals surface area contributed by atoms with E-state index in [4.69, 9.17) is 19.4 Å². The van der Waals surface area contributed by atoms with Gasteiger partial charge in [0.25, 0.3) is 0 Å². The molecule has 0 saturated carbocycles. The summed E-state index contributed by atoms with van der Waals surface area (Å²) in [5, 5.41) is 7.12. The SMILES string of the molecule is COCCN1CC2(CCN(CCC(C)C)CC2)COc2ccccc2S1(=O)=O.O=C(O)C(F)(F)F. The number of fused-ring (bicyclic) bond motifs is 1. The molecule has 12 heteroatoms. The minimum Gasteiger partial charge on any atom is -0.492 e. The quantitative estimate of drug-likeness (QED) is 0.609. The van der Waals surface area contributed by atoms with Crippen LogP contribution in [0.5, 0.6) is 5.75 Å². The highest BCUT2D eigenvalue weighted by molar-refractivity contribution is 7.89. The van der Waals surface area contributed by atoms with Gasteiger partial charge in [0.15, 0.2) is 0 Å². The first-order valence-corrected chi connectivity index (χ1v) is 13.0. The van der Waals surface area contributed by atoms with E-state index in [0.29, 0.717) is 38.0 Å². The minimum atomic E-state index is -5.08. The van der Waals surface area contributed by atoms with Crippen molar-refractivity contribution in [1.29, 1.82) is 0 Å². The molecule has 0 unspecified atom stereocenters. The maximum absolute atomic E-state index is 13.3. The molecule has 0 aromatic heterocycles. The molecule has 0 amide bonds. The lowest BCUT2D eigenvalue weighted by molar-refractivity contribution is -0.192. The molecular weight excluding hydrogens is 489 g/mol. The Hall–Kier alpha value is -1.89. The van der Waals surface area contributed by atoms with Gasteiger partial charge < -0.3 is 19.5 Å². The Morgan fingerprint density at radius 1 is 1.20 bits per heavy atom. The number of carbonyl (C=O) groups is 1. The molecule has 1 N–H and O–H groups in total. The van der Waals surface area contributed by atoms with E-state index >= 15 is 0 Å². The Morgan fingerprint density at radius 2 is 1.80 bits per heavy atom. The molecule has 1 spiro atoms. The molecule has 2 aliphatic rings. The molecule has 8 nitrogen and oxygen atoms in total. The van der Waals surface area contributed by atoms with Gasteiger partial charge in [0.2, 0.25) is 10.0 Å². The van der Waals surface area contributed by atoms with Gasteiger partial charge in [-0.1, -0.05) is 26.0 Å². The van der Waals surface area contributed by atoms with E-state index in [9.17, 15) is 21.6 Å². The molecule has 2 heterocycles. The molecule has 2 aliphatic heterocycles. The number of alkyl halides is 3. The van der Waals surface area contributed by atoms with Crippen LogP contribution in [-0.4, -0.2) is 87.9 Å².